The number of aryl methyl sites for hydroxylation is 1. The molecule has 19 heavy (non-hydrogen) atoms. The van der Waals surface area contributed by atoms with E-state index in [1.54, 1.807) is 0 Å². The number of likely N-dealkylation sites (tertiary alicyclic amines) is 1. The number of carbonyl (C=O) groups excluding carboxylic acids is 2. The third-order valence-electron chi connectivity index (χ3n) is 3.45. The minimum absolute atomic E-state index is 0.0312. The molecule has 0 spiro atoms. The second kappa shape index (κ2) is 5.87. The number of nitrogen functional groups attached to an aromatic ring is 1. The Morgan fingerprint density at radius 3 is 2.58 bits per heavy atom. The second-order valence-corrected chi connectivity index (χ2v) is 5.30. The Hall–Kier alpha value is -1.84. The number of rotatable bonds is 4. The molecule has 1 fully saturated rings. The van der Waals surface area contributed by atoms with E-state index >= 15 is 0 Å². The second-order valence-electron chi connectivity index (χ2n) is 5.30. The summed E-state index contributed by atoms with van der Waals surface area (Å²) in [6.07, 6.45) is 2.60. The molecule has 4 nitrogen and oxygen atoms in total. The van der Waals surface area contributed by atoms with Crippen LogP contribution in [0.4, 0.5) is 5.69 Å². The van der Waals surface area contributed by atoms with Gasteiger partial charge in [0, 0.05) is 25.1 Å². The lowest BCUT2D eigenvalue weighted by Crippen LogP contribution is -2.43. The molecule has 0 atom stereocenters. The Morgan fingerprint density at radius 2 is 1.95 bits per heavy atom. The van der Waals surface area contributed by atoms with Gasteiger partial charge >= 0.3 is 0 Å². The fourth-order valence-corrected chi connectivity index (χ4v) is 2.47. The molecule has 4 heteroatoms. The van der Waals surface area contributed by atoms with Crippen LogP contribution in [0.25, 0.3) is 0 Å². The monoisotopic (exact) mass is 260 g/mol. The van der Waals surface area contributed by atoms with Gasteiger partial charge in [-0.05, 0) is 36.5 Å². The van der Waals surface area contributed by atoms with Crippen molar-refractivity contribution in [3.8, 4) is 0 Å². The third kappa shape index (κ3) is 3.56. The highest BCUT2D eigenvalue weighted by molar-refractivity contribution is 5.97. The summed E-state index contributed by atoms with van der Waals surface area (Å²) in [6.45, 7) is 2.46. The summed E-state index contributed by atoms with van der Waals surface area (Å²) in [5.74, 6) is 0.123. The molecule has 0 unspecified atom stereocenters. The van der Waals surface area contributed by atoms with Gasteiger partial charge in [-0.3, -0.25) is 14.5 Å². The summed E-state index contributed by atoms with van der Waals surface area (Å²) in [4.78, 5) is 25.0. The van der Waals surface area contributed by atoms with Crippen LogP contribution < -0.4 is 5.73 Å². The molecule has 1 saturated heterocycles. The van der Waals surface area contributed by atoms with Gasteiger partial charge in [0.2, 0.25) is 11.8 Å². The Kier molecular flexibility index (Phi) is 4.20. The van der Waals surface area contributed by atoms with Crippen molar-refractivity contribution in [2.75, 3.05) is 12.3 Å². The van der Waals surface area contributed by atoms with E-state index in [0.717, 1.165) is 24.1 Å². The lowest BCUT2D eigenvalue weighted by atomic mass is 9.97. The molecule has 102 valence electrons. The Bertz CT molecular complexity index is 467. The maximum Gasteiger partial charge on any atom is 0.229 e. The van der Waals surface area contributed by atoms with E-state index in [-0.39, 0.29) is 17.7 Å². The van der Waals surface area contributed by atoms with Gasteiger partial charge < -0.3 is 5.73 Å². The fourth-order valence-electron chi connectivity index (χ4n) is 2.47. The van der Waals surface area contributed by atoms with E-state index in [1.165, 1.54) is 4.90 Å². The standard InChI is InChI=1S/C15H20N2O2/c1-11-8-14(18)17(15(19)9-11)7-3-5-12-4-2-6-13(16)10-12/h2,4,6,10-11H,3,5,7-9,16H2,1H3. The molecule has 2 rings (SSSR count). The number of anilines is 1. The summed E-state index contributed by atoms with van der Waals surface area (Å²) >= 11 is 0. The SMILES string of the molecule is CC1CC(=O)N(CCCc2cccc(N)c2)C(=O)C1. The van der Waals surface area contributed by atoms with Crippen molar-refractivity contribution in [2.45, 2.75) is 32.6 Å². The molecule has 2 amide bonds. The van der Waals surface area contributed by atoms with Crippen LogP contribution in [0.1, 0.15) is 31.7 Å². The van der Waals surface area contributed by atoms with Crippen LogP contribution in [0.5, 0.6) is 0 Å². The van der Waals surface area contributed by atoms with Gasteiger partial charge in [0.25, 0.3) is 0 Å². The molecule has 0 bridgehead atoms. The van der Waals surface area contributed by atoms with Crippen molar-refractivity contribution in [1.82, 2.24) is 4.90 Å². The van der Waals surface area contributed by atoms with E-state index < -0.39 is 0 Å². The van der Waals surface area contributed by atoms with Crippen molar-refractivity contribution in [2.24, 2.45) is 5.92 Å². The van der Waals surface area contributed by atoms with Crippen LogP contribution in [-0.2, 0) is 16.0 Å². The first-order valence-corrected chi connectivity index (χ1v) is 6.74. The Balaban J connectivity index is 1.85. The van der Waals surface area contributed by atoms with Crippen LogP contribution >= 0.6 is 0 Å². The third-order valence-corrected chi connectivity index (χ3v) is 3.45. The van der Waals surface area contributed by atoms with Crippen molar-refractivity contribution < 1.29 is 9.59 Å². The summed E-state index contributed by atoms with van der Waals surface area (Å²) in [5.41, 5.74) is 7.60. The van der Waals surface area contributed by atoms with E-state index in [2.05, 4.69) is 0 Å². The van der Waals surface area contributed by atoms with Crippen LogP contribution in [0.15, 0.2) is 24.3 Å². The van der Waals surface area contributed by atoms with Gasteiger partial charge in [0.1, 0.15) is 0 Å². The van der Waals surface area contributed by atoms with E-state index in [9.17, 15) is 9.59 Å². The first-order chi connectivity index (χ1) is 9.06. The molecule has 0 aromatic heterocycles. The van der Waals surface area contributed by atoms with Gasteiger partial charge in [0.15, 0.2) is 0 Å². The van der Waals surface area contributed by atoms with Gasteiger partial charge in [-0.1, -0.05) is 19.1 Å². The lowest BCUT2D eigenvalue weighted by Gasteiger charge is -2.28. The van der Waals surface area contributed by atoms with Gasteiger partial charge in [-0.25, -0.2) is 0 Å². The van der Waals surface area contributed by atoms with Crippen molar-refractivity contribution >= 4 is 17.5 Å². The maximum absolute atomic E-state index is 11.8. The molecule has 1 aromatic carbocycles. The number of nitrogens with zero attached hydrogens (tertiary/aromatic N) is 1. The molecule has 0 saturated carbocycles. The predicted octanol–water partition coefficient (Wildman–Crippen LogP) is 1.99. The lowest BCUT2D eigenvalue weighted by molar-refractivity contribution is -0.149. The maximum atomic E-state index is 11.8. The topological polar surface area (TPSA) is 63.4 Å². The fraction of sp³-hybridized carbons (Fsp3) is 0.467. The summed E-state index contributed by atoms with van der Waals surface area (Å²) in [6, 6.07) is 7.71. The predicted molar refractivity (Wildman–Crippen MR) is 74.3 cm³/mol. The zero-order valence-corrected chi connectivity index (χ0v) is 11.3. The van der Waals surface area contributed by atoms with Gasteiger partial charge in [-0.15, -0.1) is 0 Å². The number of carbonyl (C=O) groups is 2. The van der Waals surface area contributed by atoms with Crippen molar-refractivity contribution in [3.05, 3.63) is 29.8 Å². The highest BCUT2D eigenvalue weighted by Crippen LogP contribution is 2.19. The normalized spacial score (nSPS) is 17.0. The van der Waals surface area contributed by atoms with Crippen molar-refractivity contribution in [1.29, 1.82) is 0 Å². The number of nitrogens with two attached hydrogens (primary N) is 1. The Labute approximate surface area is 113 Å². The highest BCUT2D eigenvalue weighted by Gasteiger charge is 2.29. The van der Waals surface area contributed by atoms with E-state index in [1.807, 2.05) is 31.2 Å². The number of imide groups is 1. The summed E-state index contributed by atoms with van der Waals surface area (Å²) in [7, 11) is 0. The molecule has 1 aromatic rings. The molecule has 2 N–H and O–H groups in total. The van der Waals surface area contributed by atoms with Crippen LogP contribution in [0.3, 0.4) is 0 Å². The zero-order valence-electron chi connectivity index (χ0n) is 11.3. The number of hydrogen-bond donors (Lipinski definition) is 1. The minimum atomic E-state index is -0.0312. The van der Waals surface area contributed by atoms with E-state index in [0.29, 0.717) is 19.4 Å². The number of piperidine rings is 1. The highest BCUT2D eigenvalue weighted by atomic mass is 16.2. The van der Waals surface area contributed by atoms with E-state index in [4.69, 9.17) is 5.73 Å². The number of amides is 2. The summed E-state index contributed by atoms with van der Waals surface area (Å²) in [5, 5.41) is 0. The molecular weight excluding hydrogens is 240 g/mol. The smallest absolute Gasteiger partial charge is 0.229 e. The molecule has 1 aliphatic heterocycles. The van der Waals surface area contributed by atoms with Crippen LogP contribution in [0, 0.1) is 5.92 Å². The van der Waals surface area contributed by atoms with Gasteiger partial charge in [0.05, 0.1) is 0 Å². The Morgan fingerprint density at radius 1 is 1.26 bits per heavy atom. The van der Waals surface area contributed by atoms with Crippen molar-refractivity contribution in [3.63, 3.8) is 0 Å². The first kappa shape index (κ1) is 13.6. The largest absolute Gasteiger partial charge is 0.399 e. The quantitative estimate of drug-likeness (QED) is 0.665. The van der Waals surface area contributed by atoms with Gasteiger partial charge in [-0.2, -0.15) is 0 Å². The van der Waals surface area contributed by atoms with Crippen LogP contribution in [-0.4, -0.2) is 23.3 Å². The number of benzene rings is 1. The average Bonchev–Trinajstić information content (AvgIpc) is 2.32. The molecule has 1 aliphatic rings. The molecular formula is C15H20N2O2. The molecule has 0 radical (unpaired) electrons. The molecule has 0 aliphatic carbocycles. The summed E-state index contributed by atoms with van der Waals surface area (Å²) < 4.78 is 0. The first-order valence-electron chi connectivity index (χ1n) is 6.74. The zero-order chi connectivity index (χ0) is 13.8. The minimum Gasteiger partial charge on any atom is -0.399 e. The number of hydrogen-bond acceptors (Lipinski definition) is 3. The van der Waals surface area contributed by atoms with Crippen LogP contribution in [0.2, 0.25) is 0 Å². The average molecular weight is 260 g/mol. The molecule has 1 heterocycles.